The first-order chi connectivity index (χ1) is 12.1. The highest BCUT2D eigenvalue weighted by Crippen LogP contribution is 2.36. The standard InChI is InChI=1S/C21H24FN2O/c1-16-7-4-5-8-19(16)23-15-21(25,17-10-12-18(22)13-11-17)24-14-6-2-3-9-20(23)24/h4-5,7-8,10-13,25H,2-3,6,9,14-15H2,1H3/q+1/t21-/m1/s1. The average Bonchev–Trinajstić information content (AvgIpc) is 2.78. The van der Waals surface area contributed by atoms with E-state index in [2.05, 4.69) is 28.5 Å². The Morgan fingerprint density at radius 1 is 1.04 bits per heavy atom. The van der Waals surface area contributed by atoms with Gasteiger partial charge in [-0.1, -0.05) is 18.2 Å². The van der Waals surface area contributed by atoms with E-state index < -0.39 is 5.72 Å². The molecule has 0 saturated carbocycles. The van der Waals surface area contributed by atoms with E-state index in [0.29, 0.717) is 6.54 Å². The van der Waals surface area contributed by atoms with Gasteiger partial charge in [0.25, 0.3) is 11.6 Å². The zero-order chi connectivity index (χ0) is 17.4. The van der Waals surface area contributed by atoms with E-state index in [9.17, 15) is 9.50 Å². The average molecular weight is 339 g/mol. The molecule has 4 rings (SSSR count). The third-order valence-corrected chi connectivity index (χ3v) is 5.44. The van der Waals surface area contributed by atoms with Crippen molar-refractivity contribution in [3.05, 3.63) is 65.5 Å². The minimum Gasteiger partial charge on any atom is -0.346 e. The smallest absolute Gasteiger partial charge is 0.271 e. The van der Waals surface area contributed by atoms with Crippen LogP contribution in [0.1, 0.15) is 36.8 Å². The van der Waals surface area contributed by atoms with Crippen molar-refractivity contribution in [1.82, 2.24) is 0 Å². The molecule has 0 aliphatic carbocycles. The van der Waals surface area contributed by atoms with Crippen LogP contribution in [0.5, 0.6) is 0 Å². The lowest BCUT2D eigenvalue weighted by atomic mass is 10.0. The normalized spacial score (nSPS) is 23.6. The Morgan fingerprint density at radius 3 is 2.56 bits per heavy atom. The van der Waals surface area contributed by atoms with Gasteiger partial charge in [-0.25, -0.2) is 13.9 Å². The Balaban J connectivity index is 1.83. The Hall–Kier alpha value is -2.20. The Kier molecular flexibility index (Phi) is 4.08. The third kappa shape index (κ3) is 2.74. The molecule has 0 bridgehead atoms. The van der Waals surface area contributed by atoms with Crippen LogP contribution in [0.25, 0.3) is 0 Å². The van der Waals surface area contributed by atoms with Crippen molar-refractivity contribution in [2.75, 3.05) is 18.0 Å². The molecule has 0 unspecified atom stereocenters. The summed E-state index contributed by atoms with van der Waals surface area (Å²) < 4.78 is 15.5. The van der Waals surface area contributed by atoms with E-state index in [1.54, 1.807) is 12.1 Å². The molecule has 0 spiro atoms. The van der Waals surface area contributed by atoms with Crippen LogP contribution in [0.3, 0.4) is 0 Å². The van der Waals surface area contributed by atoms with Gasteiger partial charge >= 0.3 is 0 Å². The van der Waals surface area contributed by atoms with Gasteiger partial charge in [-0.05, 0) is 62.1 Å². The topological polar surface area (TPSA) is 26.5 Å². The summed E-state index contributed by atoms with van der Waals surface area (Å²) in [6, 6.07) is 14.6. The summed E-state index contributed by atoms with van der Waals surface area (Å²) in [6.45, 7) is 3.40. The molecule has 0 amide bonds. The molecule has 1 N–H and O–H groups in total. The third-order valence-electron chi connectivity index (χ3n) is 5.44. The zero-order valence-corrected chi connectivity index (χ0v) is 14.6. The Labute approximate surface area is 148 Å². The predicted octanol–water partition coefficient (Wildman–Crippen LogP) is 3.78. The number of anilines is 1. The molecule has 2 aromatic rings. The highest BCUT2D eigenvalue weighted by Gasteiger charge is 2.52. The first-order valence-corrected chi connectivity index (χ1v) is 9.05. The number of aryl methyl sites for hydroxylation is 1. The minimum atomic E-state index is -1.12. The largest absolute Gasteiger partial charge is 0.346 e. The predicted molar refractivity (Wildman–Crippen MR) is 97.4 cm³/mol. The van der Waals surface area contributed by atoms with Crippen LogP contribution in [0, 0.1) is 12.7 Å². The van der Waals surface area contributed by atoms with Gasteiger partial charge in [0.2, 0.25) is 0 Å². The van der Waals surface area contributed by atoms with Gasteiger partial charge < -0.3 is 5.11 Å². The zero-order valence-electron chi connectivity index (χ0n) is 14.6. The van der Waals surface area contributed by atoms with Crippen molar-refractivity contribution in [3.63, 3.8) is 0 Å². The van der Waals surface area contributed by atoms with Crippen LogP contribution in [0.2, 0.25) is 0 Å². The molecule has 0 aromatic heterocycles. The summed E-state index contributed by atoms with van der Waals surface area (Å²) in [5.41, 5.74) is 1.98. The molecule has 2 heterocycles. The highest BCUT2D eigenvalue weighted by atomic mass is 19.1. The molecule has 3 nitrogen and oxygen atoms in total. The number of benzene rings is 2. The number of β-amino-alcohol motifs (C(OH)–C–C–N with tert-alkyl or cyclic N) is 1. The maximum absolute atomic E-state index is 13.4. The summed E-state index contributed by atoms with van der Waals surface area (Å²) in [6.07, 6.45) is 4.32. The van der Waals surface area contributed by atoms with E-state index >= 15 is 0 Å². The fourth-order valence-corrected chi connectivity index (χ4v) is 4.12. The number of para-hydroxylation sites is 1. The molecule has 2 aliphatic heterocycles. The summed E-state index contributed by atoms with van der Waals surface area (Å²) >= 11 is 0. The second-order valence-corrected chi connectivity index (χ2v) is 7.07. The van der Waals surface area contributed by atoms with Crippen molar-refractivity contribution >= 4 is 11.5 Å². The first-order valence-electron chi connectivity index (χ1n) is 9.05. The van der Waals surface area contributed by atoms with Crippen molar-refractivity contribution in [2.24, 2.45) is 0 Å². The van der Waals surface area contributed by atoms with E-state index in [4.69, 9.17) is 0 Å². The van der Waals surface area contributed by atoms with Gasteiger partial charge in [0.05, 0.1) is 6.54 Å². The summed E-state index contributed by atoms with van der Waals surface area (Å²) in [7, 11) is 0. The van der Waals surface area contributed by atoms with Crippen LogP contribution in [0.4, 0.5) is 10.1 Å². The van der Waals surface area contributed by atoms with Crippen LogP contribution in [-0.4, -0.2) is 28.6 Å². The summed E-state index contributed by atoms with van der Waals surface area (Å²) in [5.74, 6) is 0.903. The Bertz CT molecular complexity index is 815. The number of rotatable bonds is 2. The maximum atomic E-state index is 13.4. The van der Waals surface area contributed by atoms with Crippen molar-refractivity contribution in [3.8, 4) is 0 Å². The number of aliphatic hydroxyl groups is 1. The molecule has 0 radical (unpaired) electrons. The Morgan fingerprint density at radius 2 is 1.80 bits per heavy atom. The maximum Gasteiger partial charge on any atom is 0.271 e. The van der Waals surface area contributed by atoms with Crippen molar-refractivity contribution in [1.29, 1.82) is 0 Å². The molecular formula is C21H24FN2O+. The fourth-order valence-electron chi connectivity index (χ4n) is 4.12. The summed E-state index contributed by atoms with van der Waals surface area (Å²) in [5, 5.41) is 11.6. The van der Waals surface area contributed by atoms with Gasteiger partial charge in [0.15, 0.2) is 6.54 Å². The molecule has 4 heteroatoms. The SMILES string of the molecule is Cc1ccccc1N1C[C@@](O)(c2ccc(F)cc2)[N+]2=C1CCCCC2. The first kappa shape index (κ1) is 16.3. The fraction of sp³-hybridized carbons (Fsp3) is 0.381. The molecule has 2 aliphatic rings. The molecule has 0 saturated heterocycles. The van der Waals surface area contributed by atoms with Crippen LogP contribution < -0.4 is 4.90 Å². The van der Waals surface area contributed by atoms with Gasteiger partial charge in [-0.15, -0.1) is 0 Å². The molecule has 130 valence electrons. The molecular weight excluding hydrogens is 315 g/mol. The molecule has 25 heavy (non-hydrogen) atoms. The van der Waals surface area contributed by atoms with E-state index in [-0.39, 0.29) is 5.82 Å². The molecule has 2 aromatic carbocycles. The van der Waals surface area contributed by atoms with Crippen molar-refractivity contribution < 1.29 is 14.1 Å². The number of hydrogen-bond donors (Lipinski definition) is 1. The highest BCUT2D eigenvalue weighted by molar-refractivity contribution is 5.96. The second-order valence-electron chi connectivity index (χ2n) is 7.07. The monoisotopic (exact) mass is 339 g/mol. The van der Waals surface area contributed by atoms with Crippen LogP contribution in [-0.2, 0) is 5.72 Å². The van der Waals surface area contributed by atoms with E-state index in [1.807, 2.05) is 12.1 Å². The van der Waals surface area contributed by atoms with Crippen LogP contribution in [0.15, 0.2) is 48.5 Å². The molecule has 1 atom stereocenters. The number of halogens is 1. The molecule has 0 fully saturated rings. The number of nitrogens with zero attached hydrogens (tertiary/aromatic N) is 2. The van der Waals surface area contributed by atoms with Gasteiger partial charge in [0, 0.05) is 12.0 Å². The lowest BCUT2D eigenvalue weighted by Gasteiger charge is -2.23. The van der Waals surface area contributed by atoms with Gasteiger partial charge in [0.1, 0.15) is 11.5 Å². The lowest BCUT2D eigenvalue weighted by molar-refractivity contribution is -0.658. The summed E-state index contributed by atoms with van der Waals surface area (Å²) in [4.78, 5) is 2.25. The minimum absolute atomic E-state index is 0.277. The van der Waals surface area contributed by atoms with E-state index in [1.165, 1.54) is 30.0 Å². The van der Waals surface area contributed by atoms with Crippen LogP contribution >= 0.6 is 0 Å². The quantitative estimate of drug-likeness (QED) is 0.843. The van der Waals surface area contributed by atoms with Gasteiger partial charge in [-0.3, -0.25) is 0 Å². The number of hydrogen-bond acceptors (Lipinski definition) is 2. The van der Waals surface area contributed by atoms with E-state index in [0.717, 1.165) is 37.1 Å². The lowest BCUT2D eigenvalue weighted by Crippen LogP contribution is -2.41. The second kappa shape index (κ2) is 6.26. The van der Waals surface area contributed by atoms with Crippen molar-refractivity contribution in [2.45, 2.75) is 38.3 Å². The number of amidine groups is 1. The van der Waals surface area contributed by atoms with Gasteiger partial charge in [-0.2, -0.15) is 0 Å².